The van der Waals surface area contributed by atoms with E-state index in [1.807, 2.05) is 6.92 Å². The lowest BCUT2D eigenvalue weighted by atomic mass is 10.2. The average Bonchev–Trinajstić information content (AvgIpc) is 2.84. The Bertz CT molecular complexity index is 601. The lowest BCUT2D eigenvalue weighted by Crippen LogP contribution is -2.11. The second-order valence-electron chi connectivity index (χ2n) is 3.90. The molecule has 0 bridgehead atoms. The van der Waals surface area contributed by atoms with Gasteiger partial charge in [-0.15, -0.1) is 5.10 Å². The summed E-state index contributed by atoms with van der Waals surface area (Å²) in [4.78, 5) is 0. The molecule has 1 unspecified atom stereocenters. The first-order chi connectivity index (χ1) is 9.11. The van der Waals surface area contributed by atoms with Crippen molar-refractivity contribution in [3.8, 4) is 11.4 Å². The predicted octanol–water partition coefficient (Wildman–Crippen LogP) is 1.34. The van der Waals surface area contributed by atoms with Crippen molar-refractivity contribution in [2.75, 3.05) is 17.2 Å². The van der Waals surface area contributed by atoms with Crippen LogP contribution < -0.4 is 5.73 Å². The van der Waals surface area contributed by atoms with E-state index in [0.29, 0.717) is 40.1 Å². The van der Waals surface area contributed by atoms with Crippen LogP contribution in [0.2, 0.25) is 5.02 Å². The summed E-state index contributed by atoms with van der Waals surface area (Å²) in [5.74, 6) is 1.69. The Morgan fingerprint density at radius 2 is 2.26 bits per heavy atom. The van der Waals surface area contributed by atoms with Crippen molar-refractivity contribution in [1.29, 1.82) is 0 Å². The van der Waals surface area contributed by atoms with Crippen molar-refractivity contribution in [2.24, 2.45) is 0 Å². The summed E-state index contributed by atoms with van der Waals surface area (Å²) < 4.78 is 13.1. The molecule has 0 saturated heterocycles. The fourth-order valence-electron chi connectivity index (χ4n) is 1.59. The van der Waals surface area contributed by atoms with Gasteiger partial charge >= 0.3 is 0 Å². The van der Waals surface area contributed by atoms with E-state index in [4.69, 9.17) is 17.3 Å². The summed E-state index contributed by atoms with van der Waals surface area (Å²) >= 11 is 6.13. The Labute approximate surface area is 118 Å². The third kappa shape index (κ3) is 3.30. The zero-order valence-electron chi connectivity index (χ0n) is 10.4. The Hall–Kier alpha value is -1.47. The molecule has 0 aliphatic carbocycles. The number of aryl methyl sites for hydroxylation is 1. The molecule has 0 amide bonds. The van der Waals surface area contributed by atoms with Crippen LogP contribution >= 0.6 is 11.6 Å². The third-order valence-corrected chi connectivity index (χ3v) is 4.21. The highest BCUT2D eigenvalue weighted by Gasteiger charge is 2.13. The van der Waals surface area contributed by atoms with Gasteiger partial charge in [0.2, 0.25) is 0 Å². The van der Waals surface area contributed by atoms with Crippen LogP contribution in [-0.4, -0.2) is 35.9 Å². The monoisotopic (exact) mass is 299 g/mol. The van der Waals surface area contributed by atoms with Crippen molar-refractivity contribution in [2.45, 2.75) is 13.5 Å². The third-order valence-electron chi connectivity index (χ3n) is 2.62. The summed E-state index contributed by atoms with van der Waals surface area (Å²) in [6.45, 7) is 2.37. The van der Waals surface area contributed by atoms with Gasteiger partial charge in [-0.2, -0.15) is 0 Å². The smallest absolute Gasteiger partial charge is 0.183 e. The molecule has 0 spiro atoms. The minimum atomic E-state index is -0.855. The number of anilines is 1. The zero-order chi connectivity index (χ0) is 13.8. The maximum absolute atomic E-state index is 11.5. The highest BCUT2D eigenvalue weighted by Crippen LogP contribution is 2.27. The van der Waals surface area contributed by atoms with Crippen molar-refractivity contribution < 1.29 is 4.21 Å². The Kier molecular flexibility index (Phi) is 4.49. The minimum Gasteiger partial charge on any atom is -0.399 e. The molecular formula is C11H14ClN5OS. The van der Waals surface area contributed by atoms with E-state index in [-0.39, 0.29) is 0 Å². The minimum absolute atomic E-state index is 0.490. The standard InChI is InChI=1S/C11H14ClN5OS/c1-2-19(18)6-5-17-11(14-15-16-17)9-4-3-8(13)7-10(9)12/h3-4,7H,2,5-6,13H2,1H3. The molecule has 0 aliphatic heterocycles. The lowest BCUT2D eigenvalue weighted by molar-refractivity contribution is 0.624. The molecule has 2 N–H and O–H groups in total. The number of hydrogen-bond donors (Lipinski definition) is 1. The van der Waals surface area contributed by atoms with Gasteiger partial charge in [0.1, 0.15) is 0 Å². The van der Waals surface area contributed by atoms with Gasteiger partial charge in [-0.1, -0.05) is 18.5 Å². The number of aromatic nitrogens is 4. The number of nitrogens with two attached hydrogens (primary N) is 1. The van der Waals surface area contributed by atoms with E-state index in [1.54, 1.807) is 22.9 Å². The van der Waals surface area contributed by atoms with Crippen molar-refractivity contribution >= 4 is 28.1 Å². The van der Waals surface area contributed by atoms with Gasteiger partial charge in [-0.3, -0.25) is 4.21 Å². The van der Waals surface area contributed by atoms with Gasteiger partial charge in [0.05, 0.1) is 11.6 Å². The second kappa shape index (κ2) is 6.12. The number of rotatable bonds is 5. The Morgan fingerprint density at radius 1 is 1.47 bits per heavy atom. The van der Waals surface area contributed by atoms with E-state index in [1.165, 1.54) is 0 Å². The van der Waals surface area contributed by atoms with Crippen LogP contribution in [0.3, 0.4) is 0 Å². The second-order valence-corrected chi connectivity index (χ2v) is 6.17. The fourth-order valence-corrected chi connectivity index (χ4v) is 2.53. The maximum atomic E-state index is 11.5. The molecule has 19 heavy (non-hydrogen) atoms. The lowest BCUT2D eigenvalue weighted by Gasteiger charge is -2.06. The molecule has 2 aromatic rings. The van der Waals surface area contributed by atoms with Crippen LogP contribution in [0.5, 0.6) is 0 Å². The molecule has 1 heterocycles. The summed E-state index contributed by atoms with van der Waals surface area (Å²) in [5, 5.41) is 12.0. The van der Waals surface area contributed by atoms with Gasteiger partial charge in [0, 0.05) is 33.6 Å². The SMILES string of the molecule is CCS(=O)CCn1nnnc1-c1ccc(N)cc1Cl. The van der Waals surface area contributed by atoms with Gasteiger partial charge < -0.3 is 5.73 Å². The Balaban J connectivity index is 2.26. The van der Waals surface area contributed by atoms with Gasteiger partial charge in [0.15, 0.2) is 5.82 Å². The van der Waals surface area contributed by atoms with Crippen molar-refractivity contribution in [1.82, 2.24) is 20.2 Å². The fraction of sp³-hybridized carbons (Fsp3) is 0.364. The van der Waals surface area contributed by atoms with Gasteiger partial charge in [-0.05, 0) is 28.6 Å². The van der Waals surface area contributed by atoms with Crippen LogP contribution in [-0.2, 0) is 17.3 Å². The topological polar surface area (TPSA) is 86.7 Å². The molecule has 0 saturated carbocycles. The predicted molar refractivity (Wildman–Crippen MR) is 76.2 cm³/mol. The van der Waals surface area contributed by atoms with Crippen molar-refractivity contribution in [3.63, 3.8) is 0 Å². The molecule has 0 aliphatic rings. The summed E-state index contributed by atoms with van der Waals surface area (Å²) in [6.07, 6.45) is 0. The first kappa shape index (κ1) is 14.0. The van der Waals surface area contributed by atoms with Crippen LogP contribution in [0.1, 0.15) is 6.92 Å². The van der Waals surface area contributed by atoms with Gasteiger partial charge in [0.25, 0.3) is 0 Å². The highest BCUT2D eigenvalue weighted by molar-refractivity contribution is 7.84. The molecule has 0 radical (unpaired) electrons. The summed E-state index contributed by atoms with van der Waals surface area (Å²) in [5.41, 5.74) is 6.95. The summed E-state index contributed by atoms with van der Waals surface area (Å²) in [6, 6.07) is 5.17. The largest absolute Gasteiger partial charge is 0.399 e. The first-order valence-electron chi connectivity index (χ1n) is 5.78. The molecule has 1 atom stereocenters. The molecule has 102 valence electrons. The zero-order valence-corrected chi connectivity index (χ0v) is 12.0. The molecule has 0 fully saturated rings. The van der Waals surface area contributed by atoms with Crippen LogP contribution in [0.4, 0.5) is 5.69 Å². The quantitative estimate of drug-likeness (QED) is 0.842. The number of benzene rings is 1. The molecule has 8 heteroatoms. The van der Waals surface area contributed by atoms with Crippen LogP contribution in [0, 0.1) is 0 Å². The highest BCUT2D eigenvalue weighted by atomic mass is 35.5. The number of halogens is 1. The maximum Gasteiger partial charge on any atom is 0.183 e. The number of tetrazole rings is 1. The molecule has 2 rings (SSSR count). The van der Waals surface area contributed by atoms with E-state index in [2.05, 4.69) is 15.5 Å². The molecule has 1 aromatic heterocycles. The Morgan fingerprint density at radius 3 is 2.95 bits per heavy atom. The van der Waals surface area contributed by atoms with E-state index in [9.17, 15) is 4.21 Å². The summed E-state index contributed by atoms with van der Waals surface area (Å²) in [7, 11) is -0.855. The number of nitrogens with zero attached hydrogens (tertiary/aromatic N) is 4. The molecule has 1 aromatic carbocycles. The van der Waals surface area contributed by atoms with Crippen LogP contribution in [0.25, 0.3) is 11.4 Å². The van der Waals surface area contributed by atoms with Gasteiger partial charge in [-0.25, -0.2) is 4.68 Å². The van der Waals surface area contributed by atoms with E-state index < -0.39 is 10.8 Å². The van der Waals surface area contributed by atoms with E-state index in [0.717, 1.165) is 0 Å². The number of nitrogen functional groups attached to an aromatic ring is 1. The van der Waals surface area contributed by atoms with E-state index >= 15 is 0 Å². The average molecular weight is 300 g/mol. The normalized spacial score (nSPS) is 12.5. The number of hydrogen-bond acceptors (Lipinski definition) is 5. The van der Waals surface area contributed by atoms with Crippen molar-refractivity contribution in [3.05, 3.63) is 23.2 Å². The first-order valence-corrected chi connectivity index (χ1v) is 7.65. The van der Waals surface area contributed by atoms with Crippen LogP contribution in [0.15, 0.2) is 18.2 Å². The molecule has 6 nitrogen and oxygen atoms in total. The molecular weight excluding hydrogens is 286 g/mol.